The van der Waals surface area contributed by atoms with Crippen LogP contribution in [0.1, 0.15) is 16.1 Å². The summed E-state index contributed by atoms with van der Waals surface area (Å²) < 4.78 is 11.1. The van der Waals surface area contributed by atoms with E-state index in [0.29, 0.717) is 40.3 Å². The van der Waals surface area contributed by atoms with Gasteiger partial charge < -0.3 is 19.3 Å². The fourth-order valence-electron chi connectivity index (χ4n) is 3.95. The number of anilines is 2. The molecule has 0 spiro atoms. The van der Waals surface area contributed by atoms with E-state index in [1.807, 2.05) is 19.0 Å². The Morgan fingerprint density at radius 3 is 2.39 bits per heavy atom. The van der Waals surface area contributed by atoms with Gasteiger partial charge >= 0.3 is 6.09 Å². The standard InChI is InChI=1S/C24H27ClN4O6S/c1-26(2)10-9-21(30)29(23(32)19-7-8-20(25)36-19)14-18-13-28(24(33)35-18)17-5-3-16(4-6-17)27-11-12-34-15-22(27)31/h3-8,18H,9-15H2,1-2H3/t18-/m1/s1. The van der Waals surface area contributed by atoms with Crippen molar-refractivity contribution in [2.45, 2.75) is 12.5 Å². The first kappa shape index (κ1) is 26.1. The van der Waals surface area contributed by atoms with Gasteiger partial charge in [0.1, 0.15) is 12.7 Å². The van der Waals surface area contributed by atoms with Crippen molar-refractivity contribution in [3.8, 4) is 0 Å². The Hall–Kier alpha value is -2.99. The molecule has 0 saturated carbocycles. The number of ether oxygens (including phenoxy) is 2. The van der Waals surface area contributed by atoms with Crippen LogP contribution in [-0.4, -0.2) is 93.2 Å². The number of nitrogens with zero attached hydrogens (tertiary/aromatic N) is 4. The number of imide groups is 1. The monoisotopic (exact) mass is 534 g/mol. The molecule has 2 aromatic rings. The van der Waals surface area contributed by atoms with Gasteiger partial charge in [-0.25, -0.2) is 4.79 Å². The van der Waals surface area contributed by atoms with Crippen molar-refractivity contribution in [3.05, 3.63) is 45.6 Å². The number of morpholine rings is 1. The largest absolute Gasteiger partial charge is 0.442 e. The van der Waals surface area contributed by atoms with E-state index in [0.717, 1.165) is 16.2 Å². The minimum atomic E-state index is -0.694. The van der Waals surface area contributed by atoms with Crippen LogP contribution in [0, 0.1) is 0 Å². The molecule has 2 aliphatic heterocycles. The highest BCUT2D eigenvalue weighted by Gasteiger charge is 2.36. The van der Waals surface area contributed by atoms with E-state index in [1.165, 1.54) is 4.90 Å². The third kappa shape index (κ3) is 6.04. The zero-order chi connectivity index (χ0) is 25.8. The fraction of sp³-hybridized carbons (Fsp3) is 0.417. The number of hydrogen-bond donors (Lipinski definition) is 0. The molecule has 2 fully saturated rings. The van der Waals surface area contributed by atoms with Crippen LogP contribution in [0.3, 0.4) is 0 Å². The normalized spacial score (nSPS) is 18.1. The number of carbonyl (C=O) groups excluding carboxylic acids is 4. The Morgan fingerprint density at radius 2 is 1.78 bits per heavy atom. The maximum absolute atomic E-state index is 13.1. The molecule has 1 aromatic carbocycles. The summed E-state index contributed by atoms with van der Waals surface area (Å²) in [6.07, 6.45) is -1.12. The number of carbonyl (C=O) groups is 4. The molecule has 2 aliphatic rings. The number of halogens is 1. The van der Waals surface area contributed by atoms with Gasteiger partial charge in [-0.3, -0.25) is 24.2 Å². The predicted octanol–water partition coefficient (Wildman–Crippen LogP) is 2.71. The third-order valence-electron chi connectivity index (χ3n) is 5.82. The first-order valence-electron chi connectivity index (χ1n) is 11.4. The Kier molecular flexibility index (Phi) is 8.24. The summed E-state index contributed by atoms with van der Waals surface area (Å²) in [6.45, 7) is 1.55. The van der Waals surface area contributed by atoms with Crippen LogP contribution < -0.4 is 9.80 Å². The lowest BCUT2D eigenvalue weighted by Gasteiger charge is -2.27. The van der Waals surface area contributed by atoms with Crippen LogP contribution in [0.15, 0.2) is 36.4 Å². The van der Waals surface area contributed by atoms with E-state index < -0.39 is 18.1 Å². The molecule has 3 heterocycles. The SMILES string of the molecule is CN(C)CCC(=O)N(C[C@H]1CN(c2ccc(N3CCOCC3=O)cc2)C(=O)O1)C(=O)c1ccc(Cl)s1. The summed E-state index contributed by atoms with van der Waals surface area (Å²) in [6, 6.07) is 10.2. The Bertz CT molecular complexity index is 1140. The molecule has 0 unspecified atom stereocenters. The lowest BCUT2D eigenvalue weighted by molar-refractivity contribution is -0.129. The Morgan fingerprint density at radius 1 is 1.08 bits per heavy atom. The van der Waals surface area contributed by atoms with E-state index in [1.54, 1.807) is 41.3 Å². The summed E-state index contributed by atoms with van der Waals surface area (Å²) in [7, 11) is 3.69. The quantitative estimate of drug-likeness (QED) is 0.513. The Balaban J connectivity index is 1.45. The highest BCUT2D eigenvalue weighted by atomic mass is 35.5. The van der Waals surface area contributed by atoms with E-state index in [9.17, 15) is 19.2 Å². The van der Waals surface area contributed by atoms with Crippen LogP contribution in [0.5, 0.6) is 0 Å². The molecule has 36 heavy (non-hydrogen) atoms. The second-order valence-corrected chi connectivity index (χ2v) is 10.4. The number of amides is 4. The molecule has 192 valence electrons. The lowest BCUT2D eigenvalue weighted by Crippen LogP contribution is -2.43. The highest BCUT2D eigenvalue weighted by Crippen LogP contribution is 2.27. The van der Waals surface area contributed by atoms with Crippen molar-refractivity contribution in [3.63, 3.8) is 0 Å². The van der Waals surface area contributed by atoms with Gasteiger partial charge in [0, 0.05) is 30.9 Å². The van der Waals surface area contributed by atoms with Gasteiger partial charge in [0.25, 0.3) is 11.8 Å². The zero-order valence-corrected chi connectivity index (χ0v) is 21.6. The summed E-state index contributed by atoms with van der Waals surface area (Å²) in [4.78, 5) is 57.2. The van der Waals surface area contributed by atoms with Gasteiger partial charge in [0.05, 0.1) is 28.9 Å². The predicted molar refractivity (Wildman–Crippen MR) is 136 cm³/mol. The second-order valence-electron chi connectivity index (χ2n) is 8.70. The molecule has 0 radical (unpaired) electrons. The topological polar surface area (TPSA) is 99.7 Å². The van der Waals surface area contributed by atoms with Crippen molar-refractivity contribution < 1.29 is 28.7 Å². The van der Waals surface area contributed by atoms with E-state index in [4.69, 9.17) is 21.1 Å². The molecule has 0 N–H and O–H groups in total. The minimum absolute atomic E-state index is 0.0437. The van der Waals surface area contributed by atoms with Gasteiger partial charge in [-0.05, 0) is 50.5 Å². The summed E-state index contributed by atoms with van der Waals surface area (Å²) in [5.74, 6) is -0.942. The number of cyclic esters (lactones) is 1. The third-order valence-corrected chi connectivity index (χ3v) is 7.04. The number of thiophene rings is 1. The van der Waals surface area contributed by atoms with Crippen LogP contribution in [0.2, 0.25) is 4.34 Å². The fourth-order valence-corrected chi connectivity index (χ4v) is 4.94. The summed E-state index contributed by atoms with van der Waals surface area (Å²) in [5, 5.41) is 0. The maximum atomic E-state index is 13.1. The van der Waals surface area contributed by atoms with Gasteiger partial charge in [0.15, 0.2) is 0 Å². The average molecular weight is 535 g/mol. The Labute approximate surface area is 217 Å². The molecule has 1 atom stereocenters. The average Bonchev–Trinajstić information content (AvgIpc) is 3.46. The first-order chi connectivity index (χ1) is 17.2. The molecule has 4 rings (SSSR count). The van der Waals surface area contributed by atoms with Crippen LogP contribution in [0.4, 0.5) is 16.2 Å². The number of benzene rings is 1. The molecule has 2 saturated heterocycles. The molecular weight excluding hydrogens is 508 g/mol. The number of hydrogen-bond acceptors (Lipinski definition) is 8. The van der Waals surface area contributed by atoms with Gasteiger partial charge in [0.2, 0.25) is 5.91 Å². The van der Waals surface area contributed by atoms with E-state index in [2.05, 4.69) is 0 Å². The van der Waals surface area contributed by atoms with E-state index >= 15 is 0 Å². The van der Waals surface area contributed by atoms with Crippen molar-refractivity contribution in [2.75, 3.05) is 63.3 Å². The highest BCUT2D eigenvalue weighted by molar-refractivity contribution is 7.18. The molecular formula is C24H27ClN4O6S. The lowest BCUT2D eigenvalue weighted by atomic mass is 10.2. The molecule has 4 amide bonds. The van der Waals surface area contributed by atoms with Crippen molar-refractivity contribution in [1.82, 2.24) is 9.80 Å². The van der Waals surface area contributed by atoms with E-state index in [-0.39, 0.29) is 37.9 Å². The van der Waals surface area contributed by atoms with Gasteiger partial charge in [-0.2, -0.15) is 0 Å². The van der Waals surface area contributed by atoms with Gasteiger partial charge in [-0.15, -0.1) is 11.3 Å². The van der Waals surface area contributed by atoms with Crippen LogP contribution in [-0.2, 0) is 19.1 Å². The molecule has 1 aromatic heterocycles. The molecule has 0 bridgehead atoms. The molecule has 12 heteroatoms. The summed E-state index contributed by atoms with van der Waals surface area (Å²) >= 11 is 7.08. The second kappa shape index (κ2) is 11.4. The summed E-state index contributed by atoms with van der Waals surface area (Å²) in [5.41, 5.74) is 1.31. The molecule has 0 aliphatic carbocycles. The smallest absolute Gasteiger partial charge is 0.414 e. The zero-order valence-electron chi connectivity index (χ0n) is 20.0. The van der Waals surface area contributed by atoms with Crippen molar-refractivity contribution >= 4 is 58.1 Å². The first-order valence-corrected chi connectivity index (χ1v) is 12.6. The van der Waals surface area contributed by atoms with Crippen LogP contribution >= 0.6 is 22.9 Å². The number of rotatable bonds is 8. The van der Waals surface area contributed by atoms with Crippen LogP contribution in [0.25, 0.3) is 0 Å². The minimum Gasteiger partial charge on any atom is -0.442 e. The molecule has 10 nitrogen and oxygen atoms in total. The maximum Gasteiger partial charge on any atom is 0.414 e. The van der Waals surface area contributed by atoms with Gasteiger partial charge in [-0.1, -0.05) is 11.6 Å². The van der Waals surface area contributed by atoms with Crippen molar-refractivity contribution in [1.29, 1.82) is 0 Å². The van der Waals surface area contributed by atoms with Crippen molar-refractivity contribution in [2.24, 2.45) is 0 Å².